The van der Waals surface area contributed by atoms with E-state index in [1.807, 2.05) is 0 Å². The number of hydrazine groups is 1. The fraction of sp³-hybridized carbons (Fsp3) is 0.214. The van der Waals surface area contributed by atoms with Crippen molar-refractivity contribution in [2.75, 3.05) is 12.0 Å². The number of carbonyl (C=O) groups is 1. The van der Waals surface area contributed by atoms with E-state index in [0.717, 1.165) is 0 Å². The maximum Gasteiger partial charge on any atom is 0.333 e. The molecule has 2 N–H and O–H groups in total. The lowest BCUT2D eigenvalue weighted by Gasteiger charge is -2.25. The first-order chi connectivity index (χ1) is 9.93. The molecule has 112 valence electrons. The van der Waals surface area contributed by atoms with Gasteiger partial charge in [-0.1, -0.05) is 6.92 Å². The van der Waals surface area contributed by atoms with Crippen molar-refractivity contribution in [3.8, 4) is 0 Å². The number of benzene rings is 1. The number of allylic oxidation sites excluding steroid dienone is 2. The number of nitrogens with zero attached hydrogens (tertiary/aromatic N) is 1. The predicted molar refractivity (Wildman–Crippen MR) is 70.9 cm³/mol. The number of carboxylic acid groups (broad SMARTS) is 1. The molecule has 1 aliphatic rings. The van der Waals surface area contributed by atoms with Crippen LogP contribution in [0.1, 0.15) is 12.5 Å². The first kappa shape index (κ1) is 15.0. The minimum atomic E-state index is -1.12. The van der Waals surface area contributed by atoms with E-state index in [9.17, 15) is 18.0 Å². The van der Waals surface area contributed by atoms with Gasteiger partial charge in [0, 0.05) is 17.8 Å². The molecular formula is C14H13F3N2O2. The van der Waals surface area contributed by atoms with Gasteiger partial charge in [0.05, 0.1) is 12.1 Å². The van der Waals surface area contributed by atoms with Gasteiger partial charge in [-0.2, -0.15) is 0 Å². The van der Waals surface area contributed by atoms with Gasteiger partial charge in [-0.3, -0.25) is 10.4 Å². The Morgan fingerprint density at radius 2 is 2.10 bits per heavy atom. The summed E-state index contributed by atoms with van der Waals surface area (Å²) in [5.41, 5.74) is 1.75. The second-order valence-corrected chi connectivity index (χ2v) is 4.44. The average molecular weight is 298 g/mol. The Hall–Kier alpha value is -2.44. The van der Waals surface area contributed by atoms with Crippen molar-refractivity contribution in [2.45, 2.75) is 13.3 Å². The quantitative estimate of drug-likeness (QED) is 0.897. The van der Waals surface area contributed by atoms with Crippen molar-refractivity contribution in [2.24, 2.45) is 0 Å². The van der Waals surface area contributed by atoms with Crippen molar-refractivity contribution in [1.82, 2.24) is 5.01 Å². The Kier molecular flexibility index (Phi) is 4.21. The number of hydrogen-bond donors (Lipinski definition) is 2. The van der Waals surface area contributed by atoms with Crippen LogP contribution in [-0.2, 0) is 11.2 Å². The molecule has 0 spiro atoms. The highest BCUT2D eigenvalue weighted by atomic mass is 19.1. The number of hydrogen-bond acceptors (Lipinski definition) is 3. The Morgan fingerprint density at radius 1 is 1.38 bits per heavy atom. The first-order valence-corrected chi connectivity index (χ1v) is 6.24. The third kappa shape index (κ3) is 3.01. The van der Waals surface area contributed by atoms with Crippen molar-refractivity contribution < 1.29 is 23.1 Å². The molecule has 0 aliphatic carbocycles. The largest absolute Gasteiger partial charge is 0.478 e. The highest BCUT2D eigenvalue weighted by Crippen LogP contribution is 2.26. The van der Waals surface area contributed by atoms with E-state index in [2.05, 4.69) is 5.43 Å². The van der Waals surface area contributed by atoms with Gasteiger partial charge in [0.25, 0.3) is 0 Å². The van der Waals surface area contributed by atoms with Gasteiger partial charge in [-0.25, -0.2) is 18.0 Å². The molecule has 1 aliphatic heterocycles. The van der Waals surface area contributed by atoms with E-state index in [0.29, 0.717) is 6.07 Å². The van der Waals surface area contributed by atoms with Crippen LogP contribution >= 0.6 is 0 Å². The second kappa shape index (κ2) is 5.90. The van der Waals surface area contributed by atoms with Crippen LogP contribution in [0.4, 0.5) is 18.9 Å². The monoisotopic (exact) mass is 298 g/mol. The standard InChI is InChI=1S/C14H13F3N2O2/c1-2-9-10(15)6-11(16)13(12(9)17)18-19-5-3-4-8(7-19)14(20)21/h3-6,18H,2,7H2,1H3,(H,20,21). The van der Waals surface area contributed by atoms with Gasteiger partial charge in [0.15, 0.2) is 11.6 Å². The number of halogens is 3. The summed E-state index contributed by atoms with van der Waals surface area (Å²) in [4.78, 5) is 10.9. The molecule has 0 radical (unpaired) electrons. The van der Waals surface area contributed by atoms with E-state index in [-0.39, 0.29) is 24.1 Å². The molecule has 0 saturated heterocycles. The van der Waals surface area contributed by atoms with Crippen molar-refractivity contribution in [1.29, 1.82) is 0 Å². The number of nitrogens with one attached hydrogen (secondary N) is 1. The summed E-state index contributed by atoms with van der Waals surface area (Å²) >= 11 is 0. The summed E-state index contributed by atoms with van der Waals surface area (Å²) in [6.07, 6.45) is 4.32. The average Bonchev–Trinajstić information content (AvgIpc) is 2.44. The van der Waals surface area contributed by atoms with Gasteiger partial charge in [-0.05, 0) is 18.6 Å². The first-order valence-electron chi connectivity index (χ1n) is 6.24. The van der Waals surface area contributed by atoms with Crippen LogP contribution in [0.25, 0.3) is 0 Å². The smallest absolute Gasteiger partial charge is 0.333 e. The van der Waals surface area contributed by atoms with Gasteiger partial charge < -0.3 is 5.11 Å². The SMILES string of the molecule is CCc1c(F)cc(F)c(NN2C=CC=C(C(=O)O)C2)c1F. The fourth-order valence-electron chi connectivity index (χ4n) is 1.97. The van der Waals surface area contributed by atoms with E-state index in [4.69, 9.17) is 5.11 Å². The van der Waals surface area contributed by atoms with Crippen molar-refractivity contribution in [3.05, 3.63) is 53.0 Å². The minimum Gasteiger partial charge on any atom is -0.478 e. The van der Waals surface area contributed by atoms with Crippen LogP contribution in [-0.4, -0.2) is 22.6 Å². The maximum absolute atomic E-state index is 14.1. The summed E-state index contributed by atoms with van der Waals surface area (Å²) < 4.78 is 41.2. The number of aliphatic carboxylic acids is 1. The summed E-state index contributed by atoms with van der Waals surface area (Å²) in [5.74, 6) is -4.17. The molecule has 1 aromatic rings. The Balaban J connectivity index is 2.27. The summed E-state index contributed by atoms with van der Waals surface area (Å²) in [7, 11) is 0. The van der Waals surface area contributed by atoms with E-state index >= 15 is 0 Å². The molecule has 0 saturated carbocycles. The Morgan fingerprint density at radius 3 is 2.71 bits per heavy atom. The van der Waals surface area contributed by atoms with Crippen LogP contribution in [0.2, 0.25) is 0 Å². The molecule has 21 heavy (non-hydrogen) atoms. The highest BCUT2D eigenvalue weighted by Gasteiger charge is 2.20. The lowest BCUT2D eigenvalue weighted by atomic mass is 10.1. The molecule has 4 nitrogen and oxygen atoms in total. The second-order valence-electron chi connectivity index (χ2n) is 4.44. The molecule has 0 unspecified atom stereocenters. The molecular weight excluding hydrogens is 285 g/mol. The van der Waals surface area contributed by atoms with E-state index in [1.54, 1.807) is 6.92 Å². The van der Waals surface area contributed by atoms with Crippen LogP contribution in [0.3, 0.4) is 0 Å². The molecule has 0 atom stereocenters. The molecule has 0 amide bonds. The topological polar surface area (TPSA) is 52.6 Å². The van der Waals surface area contributed by atoms with Crippen molar-refractivity contribution >= 4 is 11.7 Å². The fourth-order valence-corrected chi connectivity index (χ4v) is 1.97. The maximum atomic E-state index is 14.1. The summed E-state index contributed by atoms with van der Waals surface area (Å²) in [6.45, 7) is 1.47. The normalized spacial score (nSPS) is 14.1. The van der Waals surface area contributed by atoms with E-state index in [1.165, 1.54) is 23.4 Å². The molecule has 1 aromatic carbocycles. The van der Waals surface area contributed by atoms with Crippen LogP contribution in [0.5, 0.6) is 0 Å². The zero-order valence-corrected chi connectivity index (χ0v) is 11.2. The number of rotatable bonds is 4. The van der Waals surface area contributed by atoms with Crippen molar-refractivity contribution in [3.63, 3.8) is 0 Å². The Bertz CT molecular complexity index is 642. The van der Waals surface area contributed by atoms with Crippen LogP contribution in [0.15, 0.2) is 30.0 Å². The molecule has 1 heterocycles. The molecule has 0 aromatic heterocycles. The summed E-state index contributed by atoms with van der Waals surface area (Å²) in [5, 5.41) is 10.1. The number of carboxylic acids is 1. The van der Waals surface area contributed by atoms with Gasteiger partial charge in [0.1, 0.15) is 11.5 Å². The zero-order valence-electron chi connectivity index (χ0n) is 11.2. The summed E-state index contributed by atoms with van der Waals surface area (Å²) in [6, 6.07) is 0.603. The Labute approximate surface area is 119 Å². The van der Waals surface area contributed by atoms with E-state index < -0.39 is 29.1 Å². The van der Waals surface area contributed by atoms with Crippen LogP contribution < -0.4 is 5.43 Å². The van der Waals surface area contributed by atoms with Gasteiger partial charge >= 0.3 is 5.97 Å². The molecule has 0 fully saturated rings. The van der Waals surface area contributed by atoms with Gasteiger partial charge in [0.2, 0.25) is 0 Å². The predicted octanol–water partition coefficient (Wildman–Crippen LogP) is 2.83. The zero-order chi connectivity index (χ0) is 15.6. The highest BCUT2D eigenvalue weighted by molar-refractivity contribution is 5.87. The molecule has 2 rings (SSSR count). The van der Waals surface area contributed by atoms with Gasteiger partial charge in [-0.15, -0.1) is 0 Å². The third-order valence-corrected chi connectivity index (χ3v) is 3.05. The third-order valence-electron chi connectivity index (χ3n) is 3.05. The minimum absolute atomic E-state index is 0.0589. The lowest BCUT2D eigenvalue weighted by molar-refractivity contribution is -0.132. The van der Waals surface area contributed by atoms with Crippen LogP contribution in [0, 0.1) is 17.5 Å². The lowest BCUT2D eigenvalue weighted by Crippen LogP contribution is -2.31. The molecule has 0 bridgehead atoms. The number of anilines is 1. The molecule has 7 heteroatoms.